The predicted molar refractivity (Wildman–Crippen MR) is 72.0 cm³/mol. The summed E-state index contributed by atoms with van der Waals surface area (Å²) >= 11 is 0. The Morgan fingerprint density at radius 3 is 2.22 bits per heavy atom. The Morgan fingerprint density at radius 2 is 1.72 bits per heavy atom. The van der Waals surface area contributed by atoms with E-state index in [4.69, 9.17) is 0 Å². The van der Waals surface area contributed by atoms with Gasteiger partial charge in [-0.25, -0.2) is 9.97 Å². The van der Waals surface area contributed by atoms with Crippen molar-refractivity contribution in [2.24, 2.45) is 11.3 Å². The van der Waals surface area contributed by atoms with Crippen LogP contribution in [0.2, 0.25) is 0 Å². The molecule has 2 rings (SSSR count). The Hall–Kier alpha value is -0.960. The van der Waals surface area contributed by atoms with Gasteiger partial charge in [0.2, 0.25) is 0 Å². The third-order valence-corrected chi connectivity index (χ3v) is 4.34. The van der Waals surface area contributed by atoms with Gasteiger partial charge in [-0.2, -0.15) is 0 Å². The highest BCUT2D eigenvalue weighted by molar-refractivity contribution is 5.18. The van der Waals surface area contributed by atoms with E-state index in [1.807, 2.05) is 0 Å². The molecule has 18 heavy (non-hydrogen) atoms. The van der Waals surface area contributed by atoms with E-state index in [9.17, 15) is 5.11 Å². The molecule has 1 fully saturated rings. The van der Waals surface area contributed by atoms with Crippen LogP contribution in [0, 0.1) is 11.3 Å². The van der Waals surface area contributed by atoms with Crippen LogP contribution in [0.3, 0.4) is 0 Å². The molecule has 1 atom stereocenters. The van der Waals surface area contributed by atoms with Crippen LogP contribution in [0.25, 0.3) is 0 Å². The molecule has 0 radical (unpaired) electrons. The molecule has 1 aromatic heterocycles. The molecule has 0 saturated heterocycles. The smallest absolute Gasteiger partial charge is 0.115 e. The maximum atomic E-state index is 11.2. The second kappa shape index (κ2) is 4.96. The van der Waals surface area contributed by atoms with Crippen LogP contribution in [0.5, 0.6) is 0 Å². The first kappa shape index (κ1) is 13.5. The Labute approximate surface area is 110 Å². The van der Waals surface area contributed by atoms with Crippen molar-refractivity contribution >= 4 is 0 Å². The topological polar surface area (TPSA) is 46.0 Å². The second-order valence-corrected chi connectivity index (χ2v) is 6.59. The van der Waals surface area contributed by atoms with Gasteiger partial charge >= 0.3 is 0 Å². The Morgan fingerprint density at radius 1 is 1.17 bits per heavy atom. The number of rotatable bonds is 3. The molecular formula is C15H24N2O. The van der Waals surface area contributed by atoms with Gasteiger partial charge in [0.1, 0.15) is 6.33 Å². The summed E-state index contributed by atoms with van der Waals surface area (Å²) in [6, 6.07) is 0. The minimum Gasteiger partial charge on any atom is -0.384 e. The largest absolute Gasteiger partial charge is 0.384 e. The lowest BCUT2D eigenvalue weighted by Crippen LogP contribution is -2.41. The number of hydrogen-bond donors (Lipinski definition) is 1. The van der Waals surface area contributed by atoms with Crippen LogP contribution >= 0.6 is 0 Å². The van der Waals surface area contributed by atoms with Gasteiger partial charge < -0.3 is 5.11 Å². The molecule has 0 aromatic carbocycles. The van der Waals surface area contributed by atoms with Gasteiger partial charge in [0.15, 0.2) is 0 Å². The molecule has 0 amide bonds. The van der Waals surface area contributed by atoms with E-state index in [0.29, 0.717) is 5.92 Å². The minimum absolute atomic E-state index is 0.208. The first-order chi connectivity index (χ1) is 8.43. The lowest BCUT2D eigenvalue weighted by Gasteiger charge is -2.42. The summed E-state index contributed by atoms with van der Waals surface area (Å²) in [4.78, 5) is 8.14. The van der Waals surface area contributed by atoms with Crippen molar-refractivity contribution < 1.29 is 5.11 Å². The highest BCUT2D eigenvalue weighted by Gasteiger charge is 2.43. The fourth-order valence-electron chi connectivity index (χ4n) is 3.00. The summed E-state index contributed by atoms with van der Waals surface area (Å²) in [7, 11) is 0. The van der Waals surface area contributed by atoms with Crippen LogP contribution in [0.4, 0.5) is 0 Å². The zero-order chi connectivity index (χ0) is 13.2. The van der Waals surface area contributed by atoms with Gasteiger partial charge in [0.25, 0.3) is 0 Å². The number of hydrogen-bond acceptors (Lipinski definition) is 3. The summed E-state index contributed by atoms with van der Waals surface area (Å²) in [6.07, 6.45) is 10.9. The minimum atomic E-state index is -0.830. The number of aliphatic hydroxyl groups is 1. The first-order valence-electron chi connectivity index (χ1n) is 6.91. The predicted octanol–water partition coefficient (Wildman–Crippen LogP) is 3.29. The lowest BCUT2D eigenvalue weighted by atomic mass is 9.68. The molecule has 100 valence electrons. The van der Waals surface area contributed by atoms with Crippen molar-refractivity contribution in [3.63, 3.8) is 0 Å². The van der Waals surface area contributed by atoms with E-state index in [0.717, 1.165) is 12.0 Å². The molecule has 3 nitrogen and oxygen atoms in total. The van der Waals surface area contributed by atoms with Gasteiger partial charge in [-0.15, -0.1) is 0 Å². The van der Waals surface area contributed by atoms with E-state index in [1.165, 1.54) is 32.0 Å². The summed E-state index contributed by atoms with van der Waals surface area (Å²) in [5.41, 5.74) is -0.187. The quantitative estimate of drug-likeness (QED) is 0.892. The standard InChI is InChI=1S/C15H24N2O/c1-14(2,3)15(18,8-12-6-4-5-7-12)13-9-16-11-17-10-13/h9-12,18H,4-8H2,1-3H3. The van der Waals surface area contributed by atoms with Gasteiger partial charge in [-0.1, -0.05) is 46.5 Å². The highest BCUT2D eigenvalue weighted by atomic mass is 16.3. The molecule has 0 aliphatic heterocycles. The number of nitrogens with zero attached hydrogens (tertiary/aromatic N) is 2. The summed E-state index contributed by atoms with van der Waals surface area (Å²) in [5, 5.41) is 11.2. The van der Waals surface area contributed by atoms with Gasteiger partial charge in [0.05, 0.1) is 5.60 Å². The van der Waals surface area contributed by atoms with E-state index >= 15 is 0 Å². The van der Waals surface area contributed by atoms with Gasteiger partial charge in [-0.3, -0.25) is 0 Å². The van der Waals surface area contributed by atoms with Crippen molar-refractivity contribution in [3.8, 4) is 0 Å². The summed E-state index contributed by atoms with van der Waals surface area (Å²) in [5.74, 6) is 0.634. The van der Waals surface area contributed by atoms with Crippen molar-refractivity contribution in [2.45, 2.75) is 58.5 Å². The van der Waals surface area contributed by atoms with E-state index in [-0.39, 0.29) is 5.41 Å². The van der Waals surface area contributed by atoms with Crippen LogP contribution < -0.4 is 0 Å². The van der Waals surface area contributed by atoms with Gasteiger partial charge in [0, 0.05) is 18.0 Å². The average molecular weight is 248 g/mol. The summed E-state index contributed by atoms with van der Waals surface area (Å²) < 4.78 is 0. The fourth-order valence-corrected chi connectivity index (χ4v) is 3.00. The van der Waals surface area contributed by atoms with Crippen LogP contribution in [-0.2, 0) is 5.60 Å². The molecule has 3 heteroatoms. The normalized spacial score (nSPS) is 20.9. The van der Waals surface area contributed by atoms with Crippen LogP contribution in [0.1, 0.15) is 58.4 Å². The molecule has 1 aliphatic carbocycles. The third kappa shape index (κ3) is 2.56. The van der Waals surface area contributed by atoms with E-state index < -0.39 is 5.60 Å². The molecular weight excluding hydrogens is 224 g/mol. The Kier molecular flexibility index (Phi) is 3.71. The lowest BCUT2D eigenvalue weighted by molar-refractivity contribution is -0.0827. The van der Waals surface area contributed by atoms with Crippen molar-refractivity contribution in [1.29, 1.82) is 0 Å². The van der Waals surface area contributed by atoms with Crippen LogP contribution in [0.15, 0.2) is 18.7 Å². The molecule has 1 heterocycles. The second-order valence-electron chi connectivity index (χ2n) is 6.59. The van der Waals surface area contributed by atoms with Crippen molar-refractivity contribution in [3.05, 3.63) is 24.3 Å². The number of aromatic nitrogens is 2. The molecule has 1 aliphatic rings. The van der Waals surface area contributed by atoms with E-state index in [2.05, 4.69) is 30.7 Å². The highest BCUT2D eigenvalue weighted by Crippen LogP contribution is 2.46. The monoisotopic (exact) mass is 248 g/mol. The van der Waals surface area contributed by atoms with Crippen molar-refractivity contribution in [1.82, 2.24) is 9.97 Å². The van der Waals surface area contributed by atoms with Crippen molar-refractivity contribution in [2.75, 3.05) is 0 Å². The first-order valence-corrected chi connectivity index (χ1v) is 6.91. The molecule has 1 unspecified atom stereocenters. The Balaban J connectivity index is 2.28. The summed E-state index contributed by atoms with van der Waals surface area (Å²) in [6.45, 7) is 6.28. The van der Waals surface area contributed by atoms with Gasteiger partial charge in [-0.05, 0) is 17.8 Å². The average Bonchev–Trinajstić information content (AvgIpc) is 2.81. The Bertz CT molecular complexity index is 379. The molecule has 0 spiro atoms. The fraction of sp³-hybridized carbons (Fsp3) is 0.733. The zero-order valence-corrected chi connectivity index (χ0v) is 11.7. The molecule has 1 aromatic rings. The molecule has 0 bridgehead atoms. The molecule has 1 saturated carbocycles. The third-order valence-electron chi connectivity index (χ3n) is 4.34. The van der Waals surface area contributed by atoms with E-state index in [1.54, 1.807) is 12.4 Å². The maximum Gasteiger partial charge on any atom is 0.115 e. The molecule has 1 N–H and O–H groups in total. The zero-order valence-electron chi connectivity index (χ0n) is 11.7. The maximum absolute atomic E-state index is 11.2. The SMILES string of the molecule is CC(C)(C)C(O)(CC1CCCC1)c1cncnc1. The van der Waals surface area contributed by atoms with Crippen LogP contribution in [-0.4, -0.2) is 15.1 Å².